The smallest absolute Gasteiger partial charge is 0.305 e. The molecule has 1 amide bonds. The first-order valence-electron chi connectivity index (χ1n) is 29.1. The van der Waals surface area contributed by atoms with Crippen molar-refractivity contribution >= 4 is 11.9 Å². The number of aliphatic hydroxyl groups excluding tert-OH is 2. The number of allylic oxidation sites excluding steroid dienone is 4. The van der Waals surface area contributed by atoms with E-state index in [1.807, 2.05) is 0 Å². The van der Waals surface area contributed by atoms with Crippen molar-refractivity contribution in [3.8, 4) is 0 Å². The molecule has 2 unspecified atom stereocenters. The van der Waals surface area contributed by atoms with E-state index in [4.69, 9.17) is 4.74 Å². The Hall–Kier alpha value is -1.66. The molecule has 6 heteroatoms. The van der Waals surface area contributed by atoms with E-state index in [0.29, 0.717) is 25.9 Å². The summed E-state index contributed by atoms with van der Waals surface area (Å²) in [5, 5.41) is 23.3. The van der Waals surface area contributed by atoms with Gasteiger partial charge in [-0.1, -0.05) is 269 Å². The van der Waals surface area contributed by atoms with Crippen molar-refractivity contribution in [3.05, 3.63) is 24.3 Å². The Balaban J connectivity index is 3.44. The molecule has 0 aromatic rings. The zero-order chi connectivity index (χ0) is 47.2. The molecule has 0 rings (SSSR count). The minimum absolute atomic E-state index is 0.0122. The van der Waals surface area contributed by atoms with Crippen molar-refractivity contribution < 1.29 is 24.5 Å². The Bertz CT molecular complexity index is 1010. The summed E-state index contributed by atoms with van der Waals surface area (Å²) < 4.78 is 5.48. The highest BCUT2D eigenvalue weighted by molar-refractivity contribution is 5.76. The van der Waals surface area contributed by atoms with Crippen LogP contribution >= 0.6 is 0 Å². The Morgan fingerprint density at radius 1 is 0.431 bits per heavy atom. The Morgan fingerprint density at radius 3 is 1.18 bits per heavy atom. The van der Waals surface area contributed by atoms with Crippen molar-refractivity contribution in [3.63, 3.8) is 0 Å². The predicted octanol–water partition coefficient (Wildman–Crippen LogP) is 17.9. The summed E-state index contributed by atoms with van der Waals surface area (Å²) >= 11 is 0. The minimum atomic E-state index is -0.673. The number of hydrogen-bond donors (Lipinski definition) is 3. The van der Waals surface area contributed by atoms with E-state index in [1.54, 1.807) is 0 Å². The van der Waals surface area contributed by atoms with Crippen molar-refractivity contribution in [2.45, 2.75) is 328 Å². The van der Waals surface area contributed by atoms with Gasteiger partial charge in [-0.05, 0) is 57.8 Å². The van der Waals surface area contributed by atoms with Crippen LogP contribution in [0.2, 0.25) is 0 Å². The third kappa shape index (κ3) is 51.6. The fraction of sp³-hybridized carbons (Fsp3) is 0.898. The van der Waals surface area contributed by atoms with Crippen LogP contribution in [0.25, 0.3) is 0 Å². The molecule has 0 aliphatic rings. The number of ether oxygens (including phenoxy) is 1. The van der Waals surface area contributed by atoms with Crippen molar-refractivity contribution in [2.75, 3.05) is 13.2 Å². The number of unbranched alkanes of at least 4 members (excludes halogenated alkanes) is 39. The van der Waals surface area contributed by atoms with Gasteiger partial charge in [0.05, 0.1) is 25.4 Å². The lowest BCUT2D eigenvalue weighted by Gasteiger charge is -2.22. The normalized spacial score (nSPS) is 12.7. The summed E-state index contributed by atoms with van der Waals surface area (Å²) in [7, 11) is 0. The highest BCUT2D eigenvalue weighted by Crippen LogP contribution is 2.17. The van der Waals surface area contributed by atoms with Gasteiger partial charge >= 0.3 is 5.97 Å². The first-order valence-corrected chi connectivity index (χ1v) is 29.1. The monoisotopic (exact) mass is 916 g/mol. The molecule has 0 saturated heterocycles. The first kappa shape index (κ1) is 63.3. The zero-order valence-electron chi connectivity index (χ0n) is 43.7. The third-order valence-corrected chi connectivity index (χ3v) is 13.5. The molecule has 0 bridgehead atoms. The van der Waals surface area contributed by atoms with Crippen LogP contribution in [-0.4, -0.2) is 47.4 Å². The second kappa shape index (κ2) is 54.9. The fourth-order valence-electron chi connectivity index (χ4n) is 9.02. The van der Waals surface area contributed by atoms with E-state index in [1.165, 1.54) is 225 Å². The highest BCUT2D eigenvalue weighted by atomic mass is 16.5. The number of aliphatic hydroxyl groups is 2. The van der Waals surface area contributed by atoms with E-state index < -0.39 is 12.1 Å². The van der Waals surface area contributed by atoms with Gasteiger partial charge in [-0.2, -0.15) is 0 Å². The van der Waals surface area contributed by atoms with E-state index in [9.17, 15) is 19.8 Å². The zero-order valence-corrected chi connectivity index (χ0v) is 43.7. The summed E-state index contributed by atoms with van der Waals surface area (Å²) in [4.78, 5) is 24.6. The lowest BCUT2D eigenvalue weighted by Crippen LogP contribution is -2.45. The van der Waals surface area contributed by atoms with Crippen molar-refractivity contribution in [1.82, 2.24) is 5.32 Å². The van der Waals surface area contributed by atoms with E-state index >= 15 is 0 Å². The van der Waals surface area contributed by atoms with Gasteiger partial charge in [0.1, 0.15) is 0 Å². The summed E-state index contributed by atoms with van der Waals surface area (Å²) in [6, 6.07) is -0.552. The molecule has 0 saturated carbocycles. The number of carbonyl (C=O) groups excluding carboxylic acids is 2. The second-order valence-corrected chi connectivity index (χ2v) is 20.0. The SMILES string of the molecule is CCCCCC/C=C\C/C=C\CCCCCCCCCC(=O)OCCCCCCCCCCCCCCCC(=O)NC(CO)C(O)CCCCCCCCCCCCCCCCCCC. The molecule has 2 atom stereocenters. The van der Waals surface area contributed by atoms with Gasteiger partial charge < -0.3 is 20.3 Å². The lowest BCUT2D eigenvalue weighted by atomic mass is 10.0. The lowest BCUT2D eigenvalue weighted by molar-refractivity contribution is -0.143. The standard InChI is InChI=1S/C59H113NO5/c1-3-5-7-9-11-13-15-17-19-21-23-25-29-33-37-41-45-49-53-59(64)65-54-50-46-42-38-34-30-26-28-32-36-40-44-48-52-58(63)60-56(55-61)57(62)51-47-43-39-35-31-27-24-22-20-18-16-14-12-10-8-6-4-2/h13,15,19,21,56-57,61-62H,3-12,14,16-18,20,22-55H2,1-2H3,(H,60,63)/b15-13-,21-19-. The van der Waals surface area contributed by atoms with Crippen molar-refractivity contribution in [2.24, 2.45) is 0 Å². The molecule has 6 nitrogen and oxygen atoms in total. The number of esters is 1. The maximum absolute atomic E-state index is 12.5. The van der Waals surface area contributed by atoms with Crippen molar-refractivity contribution in [1.29, 1.82) is 0 Å². The molecule has 0 radical (unpaired) electrons. The largest absolute Gasteiger partial charge is 0.466 e. The minimum Gasteiger partial charge on any atom is -0.466 e. The van der Waals surface area contributed by atoms with Gasteiger partial charge in [0.15, 0.2) is 0 Å². The van der Waals surface area contributed by atoms with E-state index in [0.717, 1.165) is 57.8 Å². The van der Waals surface area contributed by atoms with Crippen LogP contribution in [0.5, 0.6) is 0 Å². The maximum atomic E-state index is 12.5. The Morgan fingerprint density at radius 2 is 0.769 bits per heavy atom. The number of amides is 1. The summed E-state index contributed by atoms with van der Waals surface area (Å²) in [6.07, 6.45) is 65.9. The van der Waals surface area contributed by atoms with Gasteiger partial charge in [0, 0.05) is 12.8 Å². The molecule has 65 heavy (non-hydrogen) atoms. The van der Waals surface area contributed by atoms with Crippen LogP contribution in [0.1, 0.15) is 316 Å². The third-order valence-electron chi connectivity index (χ3n) is 13.5. The number of rotatable bonds is 54. The molecule has 0 aliphatic carbocycles. The molecule has 3 N–H and O–H groups in total. The highest BCUT2D eigenvalue weighted by Gasteiger charge is 2.20. The Labute approximate surface area is 405 Å². The molecule has 0 spiro atoms. The average Bonchev–Trinajstić information content (AvgIpc) is 3.31. The predicted molar refractivity (Wildman–Crippen MR) is 283 cm³/mol. The van der Waals surface area contributed by atoms with Crippen LogP contribution in [0.4, 0.5) is 0 Å². The quantitative estimate of drug-likeness (QED) is 0.0321. The number of hydrogen-bond acceptors (Lipinski definition) is 5. The van der Waals surface area contributed by atoms with Gasteiger partial charge in [0.2, 0.25) is 5.91 Å². The molecule has 0 aliphatic heterocycles. The van der Waals surface area contributed by atoms with Gasteiger partial charge in [-0.15, -0.1) is 0 Å². The van der Waals surface area contributed by atoms with Gasteiger partial charge in [0.25, 0.3) is 0 Å². The molecule has 384 valence electrons. The first-order chi connectivity index (χ1) is 32.0. The summed E-state index contributed by atoms with van der Waals surface area (Å²) in [6.45, 7) is 4.92. The topological polar surface area (TPSA) is 95.9 Å². The molecular weight excluding hydrogens is 803 g/mol. The number of carbonyl (C=O) groups is 2. The summed E-state index contributed by atoms with van der Waals surface area (Å²) in [5.74, 6) is -0.0583. The molecule has 0 aromatic carbocycles. The molecule has 0 aromatic heterocycles. The van der Waals surface area contributed by atoms with Crippen LogP contribution in [-0.2, 0) is 14.3 Å². The van der Waals surface area contributed by atoms with Gasteiger partial charge in [-0.3, -0.25) is 9.59 Å². The number of nitrogens with one attached hydrogen (secondary N) is 1. The van der Waals surface area contributed by atoms with Crippen LogP contribution in [0.3, 0.4) is 0 Å². The average molecular weight is 917 g/mol. The van der Waals surface area contributed by atoms with E-state index in [-0.39, 0.29) is 18.5 Å². The molecular formula is C59H113NO5. The fourth-order valence-corrected chi connectivity index (χ4v) is 9.02. The maximum Gasteiger partial charge on any atom is 0.305 e. The Kier molecular flexibility index (Phi) is 53.5. The van der Waals surface area contributed by atoms with Crippen LogP contribution in [0, 0.1) is 0 Å². The van der Waals surface area contributed by atoms with Crippen LogP contribution in [0.15, 0.2) is 24.3 Å². The molecule has 0 fully saturated rings. The van der Waals surface area contributed by atoms with Crippen LogP contribution < -0.4 is 5.32 Å². The van der Waals surface area contributed by atoms with E-state index in [2.05, 4.69) is 43.5 Å². The summed E-state index contributed by atoms with van der Waals surface area (Å²) in [5.41, 5.74) is 0. The second-order valence-electron chi connectivity index (χ2n) is 20.0. The van der Waals surface area contributed by atoms with Gasteiger partial charge in [-0.25, -0.2) is 0 Å². The molecule has 0 heterocycles.